The van der Waals surface area contributed by atoms with E-state index in [1.807, 2.05) is 31.0 Å². The second kappa shape index (κ2) is 15.5. The zero-order valence-electron chi connectivity index (χ0n) is 21.2. The van der Waals surface area contributed by atoms with Gasteiger partial charge in [0.05, 0.1) is 12.2 Å². The summed E-state index contributed by atoms with van der Waals surface area (Å²) in [5, 5.41) is 0.534. The van der Waals surface area contributed by atoms with E-state index in [2.05, 4.69) is 25.3 Å². The van der Waals surface area contributed by atoms with Gasteiger partial charge in [0.1, 0.15) is 5.82 Å². The number of piperazine rings is 1. The second-order valence-corrected chi connectivity index (χ2v) is 8.68. The first-order valence-corrected chi connectivity index (χ1v) is 12.3. The van der Waals surface area contributed by atoms with E-state index in [0.29, 0.717) is 30.4 Å². The van der Waals surface area contributed by atoms with Crippen molar-refractivity contribution in [2.24, 2.45) is 0 Å². The summed E-state index contributed by atoms with van der Waals surface area (Å²) in [7, 11) is 2.01. The van der Waals surface area contributed by atoms with Crippen LogP contribution in [0.1, 0.15) is 46.1 Å². The van der Waals surface area contributed by atoms with Gasteiger partial charge in [-0.2, -0.15) is 0 Å². The highest BCUT2D eigenvalue weighted by molar-refractivity contribution is 6.31. The van der Waals surface area contributed by atoms with Gasteiger partial charge < -0.3 is 14.7 Å². The Morgan fingerprint density at radius 3 is 2.47 bits per heavy atom. The van der Waals surface area contributed by atoms with Gasteiger partial charge >= 0.3 is 0 Å². The second-order valence-electron chi connectivity index (χ2n) is 8.27. The van der Waals surface area contributed by atoms with Gasteiger partial charge in [0.15, 0.2) is 5.78 Å². The Morgan fingerprint density at radius 2 is 1.94 bits per heavy atom. The van der Waals surface area contributed by atoms with E-state index in [1.54, 1.807) is 24.0 Å². The lowest BCUT2D eigenvalue weighted by Crippen LogP contribution is -2.46. The van der Waals surface area contributed by atoms with Gasteiger partial charge in [-0.25, -0.2) is 4.39 Å². The molecule has 1 aromatic rings. The molecule has 1 amide bonds. The van der Waals surface area contributed by atoms with Crippen LogP contribution in [0.15, 0.2) is 54.4 Å². The fraction of sp³-hybridized carbons (Fsp3) is 0.481. The summed E-state index contributed by atoms with van der Waals surface area (Å²) in [6, 6.07) is 4.53. The molecule has 1 aromatic carbocycles. The highest BCUT2D eigenvalue weighted by atomic mass is 35.5. The number of allylic oxidation sites excluding steroid dienone is 2. The number of aryl methyl sites for hydroxylation is 1. The van der Waals surface area contributed by atoms with E-state index >= 15 is 0 Å². The predicted octanol–water partition coefficient (Wildman–Crippen LogP) is 5.47. The number of carbonyl (C=O) groups is 2. The lowest BCUT2D eigenvalue weighted by atomic mass is 10.1. The Kier molecular flexibility index (Phi) is 13.5. The topological polar surface area (TPSA) is 43.9 Å². The van der Waals surface area contributed by atoms with E-state index in [9.17, 15) is 14.0 Å². The van der Waals surface area contributed by atoms with Gasteiger partial charge in [-0.3, -0.25) is 9.59 Å². The molecule has 2 rings (SSSR count). The maximum atomic E-state index is 12.5. The molecule has 0 unspecified atom stereocenters. The van der Waals surface area contributed by atoms with E-state index in [4.69, 9.17) is 11.6 Å². The van der Waals surface area contributed by atoms with E-state index in [-0.39, 0.29) is 17.5 Å². The van der Waals surface area contributed by atoms with Crippen LogP contribution in [-0.4, -0.2) is 66.2 Å². The minimum absolute atomic E-state index is 0.000788. The fourth-order valence-electron chi connectivity index (χ4n) is 3.44. The average molecular weight is 492 g/mol. The highest BCUT2D eigenvalue weighted by Crippen LogP contribution is 2.20. The molecule has 0 radical (unpaired) electrons. The normalized spacial score (nSPS) is 14.5. The number of likely N-dealkylation sites (N-methyl/N-ethyl adjacent to an activating group) is 1. The maximum Gasteiger partial charge on any atom is 0.246 e. The van der Waals surface area contributed by atoms with Gasteiger partial charge in [-0.1, -0.05) is 63.6 Å². The summed E-state index contributed by atoms with van der Waals surface area (Å²) >= 11 is 5.77. The minimum Gasteiger partial charge on any atom is -0.340 e. The monoisotopic (exact) mass is 491 g/mol. The van der Waals surface area contributed by atoms with Crippen molar-refractivity contribution in [2.75, 3.05) is 39.8 Å². The summed E-state index contributed by atoms with van der Waals surface area (Å²) in [5.41, 5.74) is 2.50. The van der Waals surface area contributed by atoms with Gasteiger partial charge in [-0.15, -0.1) is 0 Å². The number of nitrogens with zero attached hydrogens (tertiary/aromatic N) is 3. The number of halogens is 2. The van der Waals surface area contributed by atoms with Crippen LogP contribution in [0.5, 0.6) is 0 Å². The standard InChI is InChI=1S/C18H29N3O2.C9H10ClF/c1-6-9-17(16(4)22)21-13-12-20(14-15(21)3)18(23)10-8-11-19(5)7-2;1-2-3-7-4-5-8(11)6-9(7)10/h8-10H,3,6-7,11-14H2,1-2,4-5H3;4-6H,2-3H2,1H3/b10-8+,17-9-;. The molecule has 0 spiro atoms. The Hall–Kier alpha value is -2.44. The van der Waals surface area contributed by atoms with Crippen molar-refractivity contribution in [3.8, 4) is 0 Å². The summed E-state index contributed by atoms with van der Waals surface area (Å²) in [6.07, 6.45) is 8.19. The number of amides is 1. The van der Waals surface area contributed by atoms with Crippen LogP contribution in [0.4, 0.5) is 4.39 Å². The predicted molar refractivity (Wildman–Crippen MR) is 139 cm³/mol. The molecule has 0 saturated carbocycles. The number of rotatable bonds is 9. The van der Waals surface area contributed by atoms with Crippen molar-refractivity contribution >= 4 is 23.3 Å². The van der Waals surface area contributed by atoms with Crippen molar-refractivity contribution < 1.29 is 14.0 Å². The molecule has 1 fully saturated rings. The first-order chi connectivity index (χ1) is 16.1. The third kappa shape index (κ3) is 9.82. The minimum atomic E-state index is -0.269. The molecule has 7 heteroatoms. The van der Waals surface area contributed by atoms with Crippen LogP contribution in [0.2, 0.25) is 5.02 Å². The van der Waals surface area contributed by atoms with Crippen LogP contribution in [0, 0.1) is 5.82 Å². The number of Topliss-reactive ketones (excluding diaryl/α,β-unsaturated/α-hetero) is 1. The largest absolute Gasteiger partial charge is 0.340 e. The van der Waals surface area contributed by atoms with Crippen LogP contribution < -0.4 is 0 Å². The van der Waals surface area contributed by atoms with E-state index in [1.165, 1.54) is 12.1 Å². The van der Waals surface area contributed by atoms with Gasteiger partial charge in [-0.05, 0) is 44.1 Å². The Balaban J connectivity index is 0.000000437. The molecule has 0 atom stereocenters. The molecule has 1 aliphatic heterocycles. The third-order valence-corrected chi connectivity index (χ3v) is 5.81. The van der Waals surface area contributed by atoms with E-state index < -0.39 is 0 Å². The smallest absolute Gasteiger partial charge is 0.246 e. The zero-order chi connectivity index (χ0) is 25.7. The average Bonchev–Trinajstić information content (AvgIpc) is 2.79. The molecular weight excluding hydrogens is 453 g/mol. The van der Waals surface area contributed by atoms with Crippen molar-refractivity contribution in [1.82, 2.24) is 14.7 Å². The number of benzene rings is 1. The van der Waals surface area contributed by atoms with Crippen LogP contribution in [-0.2, 0) is 16.0 Å². The van der Waals surface area contributed by atoms with Gasteiger partial charge in [0, 0.05) is 43.4 Å². The molecule has 188 valence electrons. The number of ketones is 1. The summed E-state index contributed by atoms with van der Waals surface area (Å²) in [4.78, 5) is 29.8. The molecule has 0 N–H and O–H groups in total. The maximum absolute atomic E-state index is 12.5. The number of hydrogen-bond donors (Lipinski definition) is 0. The molecule has 1 saturated heterocycles. The Morgan fingerprint density at radius 1 is 1.24 bits per heavy atom. The molecular formula is C27H39ClFN3O2. The van der Waals surface area contributed by atoms with Crippen molar-refractivity contribution in [2.45, 2.75) is 47.0 Å². The molecule has 34 heavy (non-hydrogen) atoms. The van der Waals surface area contributed by atoms with Gasteiger partial charge in [0.25, 0.3) is 0 Å². The molecule has 5 nitrogen and oxygen atoms in total. The Bertz CT molecular complexity index is 898. The van der Waals surface area contributed by atoms with Crippen LogP contribution in [0.3, 0.4) is 0 Å². The lowest BCUT2D eigenvalue weighted by Gasteiger charge is -2.38. The highest BCUT2D eigenvalue weighted by Gasteiger charge is 2.25. The van der Waals surface area contributed by atoms with Crippen LogP contribution >= 0.6 is 11.6 Å². The zero-order valence-corrected chi connectivity index (χ0v) is 22.0. The first kappa shape index (κ1) is 29.6. The van der Waals surface area contributed by atoms with Crippen molar-refractivity contribution in [3.63, 3.8) is 0 Å². The molecule has 1 heterocycles. The Labute approximate surface area is 209 Å². The van der Waals surface area contributed by atoms with Crippen LogP contribution in [0.25, 0.3) is 0 Å². The third-order valence-electron chi connectivity index (χ3n) is 5.46. The van der Waals surface area contributed by atoms with Crippen molar-refractivity contribution in [1.29, 1.82) is 0 Å². The van der Waals surface area contributed by atoms with Gasteiger partial charge in [0.2, 0.25) is 5.91 Å². The number of hydrogen-bond acceptors (Lipinski definition) is 4. The first-order valence-electron chi connectivity index (χ1n) is 11.9. The number of carbonyl (C=O) groups excluding carboxylic acids is 2. The van der Waals surface area contributed by atoms with E-state index in [0.717, 1.165) is 43.6 Å². The quantitative estimate of drug-likeness (QED) is 0.430. The molecule has 0 bridgehead atoms. The molecule has 1 aliphatic rings. The lowest BCUT2D eigenvalue weighted by molar-refractivity contribution is -0.126. The summed E-state index contributed by atoms with van der Waals surface area (Å²) in [5.74, 6) is -0.232. The van der Waals surface area contributed by atoms with Crippen molar-refractivity contribution in [3.05, 3.63) is 70.8 Å². The fourth-order valence-corrected chi connectivity index (χ4v) is 3.70. The molecule has 0 aromatic heterocycles. The SMILES string of the molecule is C=C1CN(C(=O)/C=C/CN(C)CC)CCN1/C(=C\CC)C(C)=O.CCCc1ccc(F)cc1Cl. The summed E-state index contributed by atoms with van der Waals surface area (Å²) in [6.45, 7) is 15.1. The summed E-state index contributed by atoms with van der Waals surface area (Å²) < 4.78 is 12.5. The molecule has 0 aliphatic carbocycles.